The maximum atomic E-state index is 13.0. The Bertz CT molecular complexity index is 810. The van der Waals surface area contributed by atoms with Crippen molar-refractivity contribution in [3.63, 3.8) is 0 Å². The third-order valence-electron chi connectivity index (χ3n) is 4.31. The number of halogens is 2. The van der Waals surface area contributed by atoms with Crippen molar-refractivity contribution in [3.05, 3.63) is 47.8 Å². The van der Waals surface area contributed by atoms with Crippen molar-refractivity contribution in [1.29, 1.82) is 0 Å². The molecule has 2 heterocycles. The quantitative estimate of drug-likeness (QED) is 0.832. The highest BCUT2D eigenvalue weighted by Gasteiger charge is 2.28. The second-order valence-electron chi connectivity index (χ2n) is 6.21. The summed E-state index contributed by atoms with van der Waals surface area (Å²) in [6.45, 7) is 0.874. The lowest BCUT2D eigenvalue weighted by Gasteiger charge is -2.19. The Labute approximate surface area is 154 Å². The highest BCUT2D eigenvalue weighted by atomic mass is 19.3. The highest BCUT2D eigenvalue weighted by molar-refractivity contribution is 6.39. The van der Waals surface area contributed by atoms with Gasteiger partial charge in [-0.3, -0.25) is 14.3 Å². The van der Waals surface area contributed by atoms with Gasteiger partial charge in [0.2, 0.25) is 0 Å². The van der Waals surface area contributed by atoms with E-state index in [1.807, 2.05) is 30.3 Å². The summed E-state index contributed by atoms with van der Waals surface area (Å²) in [6, 6.07) is 9.63. The molecule has 0 spiro atoms. The number of nitrogens with one attached hydrogen (secondary N) is 1. The number of hydrogen-bond donors (Lipinski definition) is 1. The van der Waals surface area contributed by atoms with Gasteiger partial charge in [-0.05, 0) is 12.0 Å². The first-order valence-corrected chi connectivity index (χ1v) is 8.54. The van der Waals surface area contributed by atoms with Crippen LogP contribution in [-0.2, 0) is 21.4 Å². The molecule has 2 amide bonds. The van der Waals surface area contributed by atoms with Crippen LogP contribution in [0.1, 0.15) is 30.2 Å². The number of anilines is 1. The van der Waals surface area contributed by atoms with Crippen LogP contribution < -0.4 is 5.32 Å². The first-order valence-electron chi connectivity index (χ1n) is 8.54. The van der Waals surface area contributed by atoms with Crippen molar-refractivity contribution in [2.24, 2.45) is 7.05 Å². The van der Waals surface area contributed by atoms with Gasteiger partial charge in [-0.25, -0.2) is 8.78 Å². The first-order chi connectivity index (χ1) is 13.0. The molecule has 1 unspecified atom stereocenters. The average molecular weight is 378 g/mol. The number of carbonyl (C=O) groups excluding carboxylic acids is 2. The molecule has 1 N–H and O–H groups in total. The fraction of sp³-hybridized carbons (Fsp3) is 0.389. The number of alkyl halides is 2. The summed E-state index contributed by atoms with van der Waals surface area (Å²) in [5.41, 5.74) is 0.272. The van der Waals surface area contributed by atoms with E-state index in [9.17, 15) is 18.4 Å². The fourth-order valence-corrected chi connectivity index (χ4v) is 2.99. The van der Waals surface area contributed by atoms with Crippen LogP contribution in [0, 0.1) is 0 Å². The predicted octanol–water partition coefficient (Wildman–Crippen LogP) is 2.29. The van der Waals surface area contributed by atoms with Crippen LogP contribution in [0.15, 0.2) is 36.5 Å². The molecule has 1 aliphatic rings. The molecule has 3 rings (SSSR count). The number of nitrogens with zero attached hydrogens (tertiary/aromatic N) is 3. The Morgan fingerprint density at radius 3 is 2.70 bits per heavy atom. The van der Waals surface area contributed by atoms with E-state index in [4.69, 9.17) is 4.74 Å². The van der Waals surface area contributed by atoms with Crippen LogP contribution in [0.4, 0.5) is 14.5 Å². The Kier molecular flexibility index (Phi) is 5.80. The highest BCUT2D eigenvalue weighted by Crippen LogP contribution is 2.26. The minimum absolute atomic E-state index is 0.157. The lowest BCUT2D eigenvalue weighted by Crippen LogP contribution is -2.41. The molecule has 2 aromatic rings. The van der Waals surface area contributed by atoms with Crippen LogP contribution in [0.5, 0.6) is 0 Å². The van der Waals surface area contributed by atoms with E-state index < -0.39 is 23.9 Å². The molecule has 1 atom stereocenters. The van der Waals surface area contributed by atoms with Crippen LogP contribution in [0.3, 0.4) is 0 Å². The largest absolute Gasteiger partial charge is 0.372 e. The summed E-state index contributed by atoms with van der Waals surface area (Å²) in [5, 5.41) is 5.84. The molecule has 7 nitrogen and oxygen atoms in total. The van der Waals surface area contributed by atoms with E-state index in [1.54, 1.807) is 0 Å². The van der Waals surface area contributed by atoms with Gasteiger partial charge in [0.25, 0.3) is 6.43 Å². The molecular formula is C18H20F2N4O3. The van der Waals surface area contributed by atoms with Crippen LogP contribution >= 0.6 is 0 Å². The van der Waals surface area contributed by atoms with Gasteiger partial charge in [0, 0.05) is 26.3 Å². The minimum atomic E-state index is -2.85. The fourth-order valence-electron chi connectivity index (χ4n) is 2.99. The molecule has 1 aliphatic heterocycles. The standard InChI is InChI=1S/C18H20F2N4O3/c1-23-11-13(15(22-23)16(19)20)21-17(25)18(26)24-8-7-14(27-10-9-24)12-5-3-2-4-6-12/h2-6,11,14,16H,7-10H2,1H3,(H,21,25). The lowest BCUT2D eigenvalue weighted by molar-refractivity contribution is -0.143. The molecule has 1 saturated heterocycles. The van der Waals surface area contributed by atoms with E-state index in [0.717, 1.165) is 10.2 Å². The number of carbonyl (C=O) groups is 2. The van der Waals surface area contributed by atoms with Gasteiger partial charge in [-0.1, -0.05) is 30.3 Å². The zero-order valence-electron chi connectivity index (χ0n) is 14.8. The molecule has 1 aromatic carbocycles. The van der Waals surface area contributed by atoms with Gasteiger partial charge in [-0.2, -0.15) is 5.10 Å². The Morgan fingerprint density at radius 2 is 2.00 bits per heavy atom. The second kappa shape index (κ2) is 8.26. The summed E-state index contributed by atoms with van der Waals surface area (Å²) in [4.78, 5) is 26.0. The van der Waals surface area contributed by atoms with Crippen LogP contribution in [0.25, 0.3) is 0 Å². The molecule has 1 fully saturated rings. The molecule has 0 aliphatic carbocycles. The van der Waals surface area contributed by atoms with Gasteiger partial charge < -0.3 is 15.0 Å². The molecule has 9 heteroatoms. The van der Waals surface area contributed by atoms with Gasteiger partial charge in [0.15, 0.2) is 5.69 Å². The number of rotatable bonds is 3. The normalized spacial score (nSPS) is 17.6. The lowest BCUT2D eigenvalue weighted by atomic mass is 10.1. The smallest absolute Gasteiger partial charge is 0.314 e. The summed E-state index contributed by atoms with van der Waals surface area (Å²) < 4.78 is 32.9. The summed E-state index contributed by atoms with van der Waals surface area (Å²) in [6.07, 6.45) is -1.23. The maximum absolute atomic E-state index is 13.0. The molecule has 1 aromatic heterocycles. The molecule has 27 heavy (non-hydrogen) atoms. The first kappa shape index (κ1) is 19.0. The van der Waals surface area contributed by atoms with Gasteiger partial charge >= 0.3 is 11.8 Å². The molecule has 144 valence electrons. The molecule has 0 bridgehead atoms. The van der Waals surface area contributed by atoms with E-state index in [-0.39, 0.29) is 24.9 Å². The van der Waals surface area contributed by atoms with E-state index in [0.29, 0.717) is 13.0 Å². The predicted molar refractivity (Wildman–Crippen MR) is 93.1 cm³/mol. The summed E-state index contributed by atoms with van der Waals surface area (Å²) in [5.74, 6) is -1.75. The van der Waals surface area contributed by atoms with Gasteiger partial charge in [-0.15, -0.1) is 0 Å². The van der Waals surface area contributed by atoms with Crippen molar-refractivity contribution in [2.75, 3.05) is 25.0 Å². The van der Waals surface area contributed by atoms with Crippen LogP contribution in [0.2, 0.25) is 0 Å². The molecule has 0 radical (unpaired) electrons. The Morgan fingerprint density at radius 1 is 1.26 bits per heavy atom. The zero-order chi connectivity index (χ0) is 19.4. The summed E-state index contributed by atoms with van der Waals surface area (Å²) >= 11 is 0. The SMILES string of the molecule is Cn1cc(NC(=O)C(=O)N2CCOC(c3ccccc3)CC2)c(C(F)F)n1. The third-order valence-corrected chi connectivity index (χ3v) is 4.31. The average Bonchev–Trinajstić information content (AvgIpc) is 2.87. The number of aryl methyl sites for hydroxylation is 1. The number of hydrogen-bond acceptors (Lipinski definition) is 4. The molecule has 0 saturated carbocycles. The zero-order valence-corrected chi connectivity index (χ0v) is 14.8. The van der Waals surface area contributed by atoms with Crippen molar-refractivity contribution < 1.29 is 23.1 Å². The maximum Gasteiger partial charge on any atom is 0.314 e. The number of aromatic nitrogens is 2. The monoisotopic (exact) mass is 378 g/mol. The van der Waals surface area contributed by atoms with Crippen molar-refractivity contribution in [1.82, 2.24) is 14.7 Å². The Hall–Kier alpha value is -2.81. The van der Waals surface area contributed by atoms with E-state index in [1.165, 1.54) is 18.1 Å². The van der Waals surface area contributed by atoms with E-state index in [2.05, 4.69) is 10.4 Å². The Balaban J connectivity index is 1.63. The third kappa shape index (κ3) is 4.48. The van der Waals surface area contributed by atoms with Gasteiger partial charge in [0.1, 0.15) is 0 Å². The summed E-state index contributed by atoms with van der Waals surface area (Å²) in [7, 11) is 1.46. The van der Waals surface area contributed by atoms with Crippen molar-refractivity contribution in [3.8, 4) is 0 Å². The number of amides is 2. The minimum Gasteiger partial charge on any atom is -0.372 e. The van der Waals surface area contributed by atoms with Crippen molar-refractivity contribution >= 4 is 17.5 Å². The van der Waals surface area contributed by atoms with Gasteiger partial charge in [0.05, 0.1) is 18.4 Å². The number of ether oxygens (including phenoxy) is 1. The van der Waals surface area contributed by atoms with E-state index >= 15 is 0 Å². The topological polar surface area (TPSA) is 76.5 Å². The van der Waals surface area contributed by atoms with Crippen molar-refractivity contribution in [2.45, 2.75) is 19.0 Å². The van der Waals surface area contributed by atoms with Crippen LogP contribution in [-0.4, -0.2) is 46.2 Å². The number of benzene rings is 1. The second-order valence-corrected chi connectivity index (χ2v) is 6.21. The molecular weight excluding hydrogens is 358 g/mol.